The van der Waals surface area contributed by atoms with E-state index >= 15 is 0 Å². The van der Waals surface area contributed by atoms with Crippen LogP contribution < -0.4 is 0 Å². The summed E-state index contributed by atoms with van der Waals surface area (Å²) in [5, 5.41) is 0. The lowest BCUT2D eigenvalue weighted by atomic mass is 10.1. The van der Waals surface area contributed by atoms with E-state index in [4.69, 9.17) is 12.2 Å². The van der Waals surface area contributed by atoms with Crippen molar-refractivity contribution in [3.05, 3.63) is 27.4 Å². The minimum Gasteiger partial charge on any atom is -0.344 e. The first-order chi connectivity index (χ1) is 9.06. The third kappa shape index (κ3) is 2.23. The van der Waals surface area contributed by atoms with E-state index < -0.39 is 0 Å². The molecule has 1 fully saturated rings. The second-order valence-corrected chi connectivity index (χ2v) is 6.23. The van der Waals surface area contributed by atoms with E-state index in [-0.39, 0.29) is 11.9 Å². The molecule has 0 saturated carbocycles. The number of nitrogens with zero attached hydrogens (tertiary/aromatic N) is 2. The van der Waals surface area contributed by atoms with E-state index in [1.165, 1.54) is 0 Å². The molecular formula is C13H14BrN3OS. The Hall–Kier alpha value is -1.14. The number of hydrogen-bond acceptors (Lipinski definition) is 2. The minimum absolute atomic E-state index is 0.212. The van der Waals surface area contributed by atoms with Crippen molar-refractivity contribution in [1.82, 2.24) is 14.5 Å². The Kier molecular flexibility index (Phi) is 3.22. The summed E-state index contributed by atoms with van der Waals surface area (Å²) in [4.78, 5) is 16.6. The van der Waals surface area contributed by atoms with Crippen molar-refractivity contribution in [3.8, 4) is 0 Å². The maximum Gasteiger partial charge on any atom is 0.222 e. The van der Waals surface area contributed by atoms with Crippen molar-refractivity contribution in [2.75, 3.05) is 13.6 Å². The smallest absolute Gasteiger partial charge is 0.222 e. The number of likely N-dealkylation sites (tertiary alicyclic amines) is 1. The molecule has 1 unspecified atom stereocenters. The van der Waals surface area contributed by atoms with Crippen LogP contribution in [0.5, 0.6) is 0 Å². The number of H-pyrrole nitrogens is 1. The molecule has 1 aliphatic rings. The normalized spacial score (nSPS) is 20.2. The van der Waals surface area contributed by atoms with Gasteiger partial charge in [0.2, 0.25) is 5.91 Å². The number of carbonyl (C=O) groups is 1. The van der Waals surface area contributed by atoms with Crippen molar-refractivity contribution < 1.29 is 4.79 Å². The van der Waals surface area contributed by atoms with Crippen molar-refractivity contribution >= 4 is 45.1 Å². The van der Waals surface area contributed by atoms with Gasteiger partial charge in [-0.15, -0.1) is 0 Å². The van der Waals surface area contributed by atoms with E-state index in [0.717, 1.165) is 26.7 Å². The number of imidazole rings is 1. The van der Waals surface area contributed by atoms with Gasteiger partial charge in [0.1, 0.15) is 0 Å². The summed E-state index contributed by atoms with van der Waals surface area (Å²) in [5.41, 5.74) is 2.12. The van der Waals surface area contributed by atoms with Gasteiger partial charge in [-0.05, 0) is 36.8 Å². The number of hydrogen-bond donors (Lipinski definition) is 1. The highest BCUT2D eigenvalue weighted by atomic mass is 79.9. The van der Waals surface area contributed by atoms with Crippen LogP contribution in [0.4, 0.5) is 0 Å². The fourth-order valence-electron chi connectivity index (χ4n) is 2.66. The van der Waals surface area contributed by atoms with Gasteiger partial charge in [-0.25, -0.2) is 0 Å². The largest absolute Gasteiger partial charge is 0.344 e. The molecule has 1 atom stereocenters. The summed E-state index contributed by atoms with van der Waals surface area (Å²) in [7, 11) is 1.85. The second-order valence-electron chi connectivity index (χ2n) is 4.93. The average Bonchev–Trinajstić information content (AvgIpc) is 2.68. The maximum absolute atomic E-state index is 11.6. The molecule has 0 bridgehead atoms. The topological polar surface area (TPSA) is 41.0 Å². The molecule has 19 heavy (non-hydrogen) atoms. The molecule has 1 aromatic heterocycles. The summed E-state index contributed by atoms with van der Waals surface area (Å²) in [6, 6.07) is 6.33. The number of rotatable bonds is 1. The molecule has 1 aliphatic heterocycles. The molecule has 4 nitrogen and oxygen atoms in total. The molecule has 1 aromatic carbocycles. The number of halogens is 1. The Morgan fingerprint density at radius 2 is 2.26 bits per heavy atom. The van der Waals surface area contributed by atoms with Crippen LogP contribution in [0.3, 0.4) is 0 Å². The summed E-state index contributed by atoms with van der Waals surface area (Å²) in [5.74, 6) is 0.212. The summed E-state index contributed by atoms with van der Waals surface area (Å²) >= 11 is 8.93. The third-order valence-corrected chi connectivity index (χ3v) is 4.44. The molecule has 2 heterocycles. The first-order valence-electron chi connectivity index (χ1n) is 6.20. The van der Waals surface area contributed by atoms with E-state index in [2.05, 4.69) is 31.5 Å². The van der Waals surface area contributed by atoms with Crippen molar-refractivity contribution in [1.29, 1.82) is 0 Å². The van der Waals surface area contributed by atoms with Crippen LogP contribution in [0.25, 0.3) is 11.0 Å². The maximum atomic E-state index is 11.6. The molecule has 100 valence electrons. The van der Waals surface area contributed by atoms with Crippen molar-refractivity contribution in [2.24, 2.45) is 0 Å². The van der Waals surface area contributed by atoms with Crippen LogP contribution in [-0.2, 0) is 4.79 Å². The number of carbonyl (C=O) groups excluding carboxylic acids is 1. The minimum atomic E-state index is 0.212. The fraction of sp³-hybridized carbons (Fsp3) is 0.385. The molecule has 1 saturated heterocycles. The molecule has 2 aromatic rings. The Morgan fingerprint density at radius 1 is 1.47 bits per heavy atom. The van der Waals surface area contributed by atoms with Gasteiger partial charge in [0.25, 0.3) is 0 Å². The van der Waals surface area contributed by atoms with Gasteiger partial charge < -0.3 is 14.5 Å². The Morgan fingerprint density at radius 3 is 3.00 bits per heavy atom. The quantitative estimate of drug-likeness (QED) is 0.810. The van der Waals surface area contributed by atoms with Crippen LogP contribution in [0.2, 0.25) is 0 Å². The number of nitrogens with one attached hydrogen (secondary N) is 1. The standard InChI is InChI=1S/C13H14BrN3OS/c1-16-7-9(3-5-12(16)18)17-11-6-8(14)2-4-10(11)15-13(17)19/h2,4,6,9H,3,5,7H2,1H3,(H,15,19). The van der Waals surface area contributed by atoms with Crippen LogP contribution in [0, 0.1) is 4.77 Å². The molecule has 0 aliphatic carbocycles. The first kappa shape index (κ1) is 12.9. The van der Waals surface area contributed by atoms with Crippen LogP contribution in [0.1, 0.15) is 18.9 Å². The predicted octanol–water partition coefficient (Wildman–Crippen LogP) is 3.25. The Labute approximate surface area is 124 Å². The number of fused-ring (bicyclic) bond motifs is 1. The second kappa shape index (κ2) is 4.76. The van der Waals surface area contributed by atoms with Gasteiger partial charge in [0.05, 0.1) is 17.1 Å². The van der Waals surface area contributed by atoms with E-state index in [0.29, 0.717) is 13.0 Å². The highest BCUT2D eigenvalue weighted by molar-refractivity contribution is 9.10. The molecule has 3 rings (SSSR count). The highest BCUT2D eigenvalue weighted by Gasteiger charge is 2.25. The zero-order valence-electron chi connectivity index (χ0n) is 10.5. The predicted molar refractivity (Wildman–Crippen MR) is 80.7 cm³/mol. The lowest BCUT2D eigenvalue weighted by Crippen LogP contribution is -2.37. The van der Waals surface area contributed by atoms with Gasteiger partial charge in [-0.2, -0.15) is 0 Å². The lowest BCUT2D eigenvalue weighted by molar-refractivity contribution is -0.132. The van der Waals surface area contributed by atoms with Crippen molar-refractivity contribution in [3.63, 3.8) is 0 Å². The molecule has 6 heteroatoms. The monoisotopic (exact) mass is 339 g/mol. The first-order valence-corrected chi connectivity index (χ1v) is 7.40. The van der Waals surface area contributed by atoms with Crippen LogP contribution >= 0.6 is 28.1 Å². The van der Waals surface area contributed by atoms with Gasteiger partial charge in [0.15, 0.2) is 4.77 Å². The number of benzene rings is 1. The molecule has 1 N–H and O–H groups in total. The van der Waals surface area contributed by atoms with Crippen molar-refractivity contribution in [2.45, 2.75) is 18.9 Å². The van der Waals surface area contributed by atoms with Crippen LogP contribution in [0.15, 0.2) is 22.7 Å². The number of piperidine rings is 1. The Balaban J connectivity index is 2.09. The van der Waals surface area contributed by atoms with Crippen LogP contribution in [-0.4, -0.2) is 34.0 Å². The van der Waals surface area contributed by atoms with Gasteiger partial charge in [-0.1, -0.05) is 15.9 Å². The number of amides is 1. The van der Waals surface area contributed by atoms with E-state index in [1.807, 2.05) is 19.2 Å². The summed E-state index contributed by atoms with van der Waals surface area (Å²) < 4.78 is 3.89. The van der Waals surface area contributed by atoms with Gasteiger partial charge in [-0.3, -0.25) is 4.79 Å². The average molecular weight is 340 g/mol. The van der Waals surface area contributed by atoms with E-state index in [9.17, 15) is 4.79 Å². The zero-order chi connectivity index (χ0) is 13.6. The summed E-state index contributed by atoms with van der Waals surface area (Å²) in [6.07, 6.45) is 1.43. The SMILES string of the molecule is CN1CC(n2c(=S)[nH]c3ccc(Br)cc32)CCC1=O. The molecule has 0 spiro atoms. The Bertz CT molecular complexity index is 705. The molecular weight excluding hydrogens is 326 g/mol. The highest BCUT2D eigenvalue weighted by Crippen LogP contribution is 2.28. The summed E-state index contributed by atoms with van der Waals surface area (Å²) in [6.45, 7) is 0.715. The van der Waals surface area contributed by atoms with E-state index in [1.54, 1.807) is 4.90 Å². The lowest BCUT2D eigenvalue weighted by Gasteiger charge is -2.30. The number of aromatic amines is 1. The third-order valence-electron chi connectivity index (χ3n) is 3.65. The molecule has 0 radical (unpaired) electrons. The number of aromatic nitrogens is 2. The fourth-order valence-corrected chi connectivity index (χ4v) is 3.36. The van der Waals surface area contributed by atoms with Gasteiger partial charge >= 0.3 is 0 Å². The van der Waals surface area contributed by atoms with Gasteiger partial charge in [0, 0.05) is 24.5 Å². The molecule has 1 amide bonds. The zero-order valence-corrected chi connectivity index (χ0v) is 12.9. The number of likely N-dealkylation sites (N-methyl/N-ethyl adjacent to an activating group) is 1.